The van der Waals surface area contributed by atoms with Crippen LogP contribution in [-0.4, -0.2) is 49.4 Å². The van der Waals surface area contributed by atoms with Crippen LogP contribution >= 0.6 is 0 Å². The maximum absolute atomic E-state index is 12.8. The van der Waals surface area contributed by atoms with Gasteiger partial charge in [0.05, 0.1) is 11.8 Å². The summed E-state index contributed by atoms with van der Waals surface area (Å²) in [4.78, 5) is 31.3. The van der Waals surface area contributed by atoms with Crippen molar-refractivity contribution in [2.75, 3.05) is 26.7 Å². The van der Waals surface area contributed by atoms with Crippen LogP contribution in [-0.2, 0) is 9.59 Å². The van der Waals surface area contributed by atoms with Gasteiger partial charge in [0.1, 0.15) is 0 Å². The number of imide groups is 1. The number of amides is 2. The van der Waals surface area contributed by atoms with Crippen molar-refractivity contribution >= 4 is 17.8 Å². The van der Waals surface area contributed by atoms with Crippen LogP contribution in [0.2, 0.25) is 0 Å². The molecule has 30 heavy (non-hydrogen) atoms. The fourth-order valence-electron chi connectivity index (χ4n) is 5.34. The molecule has 3 aliphatic rings. The highest BCUT2D eigenvalue weighted by atomic mass is 16.2. The molecule has 2 N–H and O–H groups in total. The standard InChI is InChI=1S/C24H32N4O2/c1-15(2)19(16-7-5-4-6-8-16)14-27-24(25-3)26-11-12-28-22(29)20-17-9-10-18(13-17)21(20)23(28)30/h4-10,15,17-21H,11-14H2,1-3H3,(H2,25,26,27). The summed E-state index contributed by atoms with van der Waals surface area (Å²) >= 11 is 0. The molecule has 1 aromatic rings. The highest BCUT2D eigenvalue weighted by molar-refractivity contribution is 6.06. The molecule has 2 fully saturated rings. The second kappa shape index (κ2) is 8.62. The van der Waals surface area contributed by atoms with Gasteiger partial charge in [-0.05, 0) is 29.7 Å². The summed E-state index contributed by atoms with van der Waals surface area (Å²) in [6.07, 6.45) is 5.22. The zero-order valence-corrected chi connectivity index (χ0v) is 18.0. The van der Waals surface area contributed by atoms with E-state index in [2.05, 4.69) is 65.9 Å². The number of aliphatic imine (C=N–C) groups is 1. The van der Waals surface area contributed by atoms with E-state index in [1.807, 2.05) is 6.07 Å². The number of hydrogen-bond donors (Lipinski definition) is 2. The number of likely N-dealkylation sites (tertiary alicyclic amines) is 1. The summed E-state index contributed by atoms with van der Waals surface area (Å²) in [6, 6.07) is 10.5. The second-order valence-electron chi connectivity index (χ2n) is 8.97. The molecule has 5 atom stereocenters. The van der Waals surface area contributed by atoms with Crippen LogP contribution in [0.3, 0.4) is 0 Å². The van der Waals surface area contributed by atoms with Gasteiger partial charge < -0.3 is 10.6 Å². The van der Waals surface area contributed by atoms with Crippen molar-refractivity contribution in [1.82, 2.24) is 15.5 Å². The van der Waals surface area contributed by atoms with Crippen LogP contribution in [0.25, 0.3) is 0 Å². The van der Waals surface area contributed by atoms with E-state index in [1.165, 1.54) is 10.5 Å². The van der Waals surface area contributed by atoms with E-state index in [-0.39, 0.29) is 35.5 Å². The Labute approximate surface area is 178 Å². The number of nitrogens with one attached hydrogen (secondary N) is 2. The minimum Gasteiger partial charge on any atom is -0.356 e. The van der Waals surface area contributed by atoms with Gasteiger partial charge in [0.2, 0.25) is 11.8 Å². The highest BCUT2D eigenvalue weighted by Gasteiger charge is 2.58. The average molecular weight is 409 g/mol. The van der Waals surface area contributed by atoms with Gasteiger partial charge >= 0.3 is 0 Å². The second-order valence-corrected chi connectivity index (χ2v) is 8.97. The Balaban J connectivity index is 1.28. The van der Waals surface area contributed by atoms with Crippen LogP contribution in [0.5, 0.6) is 0 Å². The van der Waals surface area contributed by atoms with Crippen molar-refractivity contribution in [2.45, 2.75) is 26.2 Å². The summed E-state index contributed by atoms with van der Waals surface area (Å²) in [7, 11) is 1.74. The lowest BCUT2D eigenvalue weighted by molar-refractivity contribution is -0.140. The van der Waals surface area contributed by atoms with Crippen molar-refractivity contribution in [1.29, 1.82) is 0 Å². The van der Waals surface area contributed by atoms with Crippen molar-refractivity contribution in [2.24, 2.45) is 34.6 Å². The lowest BCUT2D eigenvalue weighted by Gasteiger charge is -2.23. The Morgan fingerprint density at radius 1 is 1.07 bits per heavy atom. The molecule has 1 heterocycles. The van der Waals surface area contributed by atoms with Gasteiger partial charge in [-0.2, -0.15) is 0 Å². The van der Waals surface area contributed by atoms with Gasteiger partial charge in [-0.25, -0.2) is 0 Å². The fourth-order valence-corrected chi connectivity index (χ4v) is 5.34. The first-order valence-corrected chi connectivity index (χ1v) is 11.0. The molecule has 1 saturated carbocycles. The largest absolute Gasteiger partial charge is 0.356 e. The number of hydrogen-bond acceptors (Lipinski definition) is 3. The van der Waals surface area contributed by atoms with Crippen molar-refractivity contribution in [3.8, 4) is 0 Å². The zero-order valence-electron chi connectivity index (χ0n) is 18.0. The van der Waals surface area contributed by atoms with Gasteiger partial charge in [-0.3, -0.25) is 19.5 Å². The molecular formula is C24H32N4O2. The summed E-state index contributed by atoms with van der Waals surface area (Å²) in [5, 5.41) is 6.67. The lowest BCUT2D eigenvalue weighted by Crippen LogP contribution is -2.44. The van der Waals surface area contributed by atoms with Gasteiger partial charge in [-0.1, -0.05) is 56.3 Å². The first-order chi connectivity index (χ1) is 14.5. The SMILES string of the molecule is CN=C(NCCN1C(=O)C2C3C=CC(C3)C2C1=O)NCC(c1ccccc1)C(C)C. The van der Waals surface area contributed by atoms with Gasteiger partial charge in [-0.15, -0.1) is 0 Å². The normalized spacial score (nSPS) is 28.4. The van der Waals surface area contributed by atoms with Gasteiger partial charge in [0, 0.05) is 32.6 Å². The fraction of sp³-hybridized carbons (Fsp3) is 0.542. The number of rotatable bonds is 7. The molecule has 2 bridgehead atoms. The zero-order chi connectivity index (χ0) is 21.3. The molecule has 1 saturated heterocycles. The predicted molar refractivity (Wildman–Crippen MR) is 118 cm³/mol. The molecule has 160 valence electrons. The Kier molecular flexibility index (Phi) is 5.93. The summed E-state index contributed by atoms with van der Waals surface area (Å²) in [5.41, 5.74) is 1.30. The smallest absolute Gasteiger partial charge is 0.233 e. The summed E-state index contributed by atoms with van der Waals surface area (Å²) in [5.74, 6) is 1.84. The van der Waals surface area contributed by atoms with Crippen LogP contribution in [0.1, 0.15) is 31.7 Å². The Bertz CT molecular complexity index is 818. The highest BCUT2D eigenvalue weighted by Crippen LogP contribution is 2.52. The maximum Gasteiger partial charge on any atom is 0.233 e. The van der Waals surface area contributed by atoms with E-state index in [0.29, 0.717) is 30.9 Å². The van der Waals surface area contributed by atoms with Crippen LogP contribution in [0, 0.1) is 29.6 Å². The summed E-state index contributed by atoms with van der Waals surface area (Å²) < 4.78 is 0. The average Bonchev–Trinajstić information content (AvgIpc) is 3.42. The minimum absolute atomic E-state index is 0.00976. The van der Waals surface area contributed by atoms with Gasteiger partial charge in [0.15, 0.2) is 5.96 Å². The molecule has 0 spiro atoms. The molecule has 5 unspecified atom stereocenters. The number of guanidine groups is 1. The quantitative estimate of drug-likeness (QED) is 0.314. The van der Waals surface area contributed by atoms with Crippen molar-refractivity contribution in [3.05, 3.63) is 48.0 Å². The molecule has 6 nitrogen and oxygen atoms in total. The van der Waals surface area contributed by atoms with E-state index in [0.717, 1.165) is 13.0 Å². The third kappa shape index (κ3) is 3.75. The number of fused-ring (bicyclic) bond motifs is 5. The number of benzene rings is 1. The molecule has 0 radical (unpaired) electrons. The first-order valence-electron chi connectivity index (χ1n) is 11.0. The molecular weight excluding hydrogens is 376 g/mol. The molecule has 2 amide bonds. The third-order valence-electron chi connectivity index (χ3n) is 6.93. The first kappa shape index (κ1) is 20.6. The molecule has 6 heteroatoms. The van der Waals surface area contributed by atoms with E-state index < -0.39 is 0 Å². The Hall–Kier alpha value is -2.63. The minimum atomic E-state index is -0.123. The Morgan fingerprint density at radius 2 is 1.70 bits per heavy atom. The Morgan fingerprint density at radius 3 is 2.27 bits per heavy atom. The van der Waals surface area contributed by atoms with Crippen LogP contribution < -0.4 is 10.6 Å². The summed E-state index contributed by atoms with van der Waals surface area (Å²) in [6.45, 7) is 6.09. The molecule has 0 aromatic heterocycles. The number of allylic oxidation sites excluding steroid dienone is 2. The number of carbonyl (C=O) groups excluding carboxylic acids is 2. The van der Waals surface area contributed by atoms with Crippen molar-refractivity contribution < 1.29 is 9.59 Å². The predicted octanol–water partition coefficient (Wildman–Crippen LogP) is 2.40. The van der Waals surface area contributed by atoms with Crippen LogP contribution in [0.4, 0.5) is 0 Å². The molecule has 1 aliphatic heterocycles. The van der Waals surface area contributed by atoms with E-state index in [4.69, 9.17) is 0 Å². The number of nitrogens with zero attached hydrogens (tertiary/aromatic N) is 2. The van der Waals surface area contributed by atoms with Crippen molar-refractivity contribution in [3.63, 3.8) is 0 Å². The van der Waals surface area contributed by atoms with Gasteiger partial charge in [0.25, 0.3) is 0 Å². The topological polar surface area (TPSA) is 73.8 Å². The molecule has 4 rings (SSSR count). The van der Waals surface area contributed by atoms with Crippen LogP contribution in [0.15, 0.2) is 47.5 Å². The lowest BCUT2D eigenvalue weighted by atomic mass is 9.85. The maximum atomic E-state index is 12.8. The third-order valence-corrected chi connectivity index (χ3v) is 6.93. The monoisotopic (exact) mass is 408 g/mol. The van der Waals surface area contributed by atoms with E-state index >= 15 is 0 Å². The number of carbonyl (C=O) groups is 2. The van der Waals surface area contributed by atoms with E-state index in [1.54, 1.807) is 7.05 Å². The molecule has 2 aliphatic carbocycles. The molecule has 1 aromatic carbocycles. The van der Waals surface area contributed by atoms with E-state index in [9.17, 15) is 9.59 Å².